The lowest BCUT2D eigenvalue weighted by Crippen LogP contribution is -2.18. The van der Waals surface area contributed by atoms with E-state index < -0.39 is 12.4 Å². The zero-order valence-electron chi connectivity index (χ0n) is 14.1. The number of ether oxygens (including phenoxy) is 2. The maximum Gasteiger partial charge on any atom is 0.227 e. The van der Waals surface area contributed by atoms with Gasteiger partial charge in [0.2, 0.25) is 6.29 Å². The van der Waals surface area contributed by atoms with Gasteiger partial charge in [0.05, 0.1) is 6.61 Å². The molecule has 0 saturated carbocycles. The van der Waals surface area contributed by atoms with Gasteiger partial charge in [-0.2, -0.15) is 0 Å². The summed E-state index contributed by atoms with van der Waals surface area (Å²) in [5.74, 6) is 0.587. The Labute approximate surface area is 152 Å². The summed E-state index contributed by atoms with van der Waals surface area (Å²) < 4.78 is 11.8. The first-order chi connectivity index (χ1) is 12.8. The monoisotopic (exact) mass is 347 g/mol. The van der Waals surface area contributed by atoms with E-state index in [1.54, 1.807) is 42.5 Å². The van der Waals surface area contributed by atoms with Crippen molar-refractivity contribution >= 4 is 6.29 Å². The second-order valence-corrected chi connectivity index (χ2v) is 5.69. The molecule has 0 heterocycles. The van der Waals surface area contributed by atoms with Crippen LogP contribution in [-0.2, 0) is 4.74 Å². The summed E-state index contributed by atoms with van der Waals surface area (Å²) >= 11 is 0. The van der Waals surface area contributed by atoms with Gasteiger partial charge in [-0.15, -0.1) is 0 Å². The number of rotatable bonds is 8. The smallest absolute Gasteiger partial charge is 0.227 e. The van der Waals surface area contributed by atoms with Crippen molar-refractivity contribution in [2.45, 2.75) is 12.4 Å². The average molecular weight is 347 g/mol. The van der Waals surface area contributed by atoms with Gasteiger partial charge < -0.3 is 14.6 Å². The summed E-state index contributed by atoms with van der Waals surface area (Å²) in [6.07, 6.45) is -0.853. The van der Waals surface area contributed by atoms with Crippen molar-refractivity contribution in [1.82, 2.24) is 0 Å². The number of carbonyl (C=O) groups is 1. The molecule has 1 radical (unpaired) electrons. The van der Waals surface area contributed by atoms with Crippen molar-refractivity contribution in [2.75, 3.05) is 6.61 Å². The lowest BCUT2D eigenvalue weighted by Gasteiger charge is -2.22. The van der Waals surface area contributed by atoms with Gasteiger partial charge in [-0.3, -0.25) is 4.79 Å². The van der Waals surface area contributed by atoms with Gasteiger partial charge >= 0.3 is 0 Å². The molecule has 1 N–H and O–H groups in total. The number of aldehydes is 1. The highest BCUT2D eigenvalue weighted by Gasteiger charge is 2.20. The fraction of sp³-hybridized carbons (Fsp3) is 0.136. The van der Waals surface area contributed by atoms with Crippen LogP contribution in [0.2, 0.25) is 0 Å². The van der Waals surface area contributed by atoms with Crippen LogP contribution in [0.1, 0.15) is 33.9 Å². The van der Waals surface area contributed by atoms with Crippen molar-refractivity contribution in [1.29, 1.82) is 0 Å². The van der Waals surface area contributed by atoms with Crippen LogP contribution in [0, 0.1) is 6.07 Å². The van der Waals surface area contributed by atoms with Crippen LogP contribution < -0.4 is 4.74 Å². The molecule has 0 aliphatic carbocycles. The van der Waals surface area contributed by atoms with Crippen molar-refractivity contribution in [3.8, 4) is 5.75 Å². The van der Waals surface area contributed by atoms with E-state index in [4.69, 9.17) is 9.47 Å². The third kappa shape index (κ3) is 4.57. The topological polar surface area (TPSA) is 55.8 Å². The lowest BCUT2D eigenvalue weighted by atomic mass is 10.1. The Morgan fingerprint density at radius 3 is 2.38 bits per heavy atom. The third-order valence-corrected chi connectivity index (χ3v) is 3.90. The molecule has 0 amide bonds. The van der Waals surface area contributed by atoms with E-state index in [-0.39, 0.29) is 6.61 Å². The minimum Gasteiger partial charge on any atom is -0.461 e. The standard InChI is InChI=1S/C22H19O4/c23-15-18-11-7-8-14-20(18)22(26-19-12-5-2-6-13-19)25-16-21(24)17-9-3-1-4-10-17/h1,3-15,21-22,24H,16H2. The van der Waals surface area contributed by atoms with Gasteiger partial charge in [0.25, 0.3) is 0 Å². The van der Waals surface area contributed by atoms with Crippen molar-refractivity contribution in [3.63, 3.8) is 0 Å². The van der Waals surface area contributed by atoms with Gasteiger partial charge in [0.1, 0.15) is 11.9 Å². The summed E-state index contributed by atoms with van der Waals surface area (Å²) in [4.78, 5) is 11.4. The van der Waals surface area contributed by atoms with Crippen LogP contribution in [0.5, 0.6) is 5.75 Å². The second kappa shape index (κ2) is 8.94. The summed E-state index contributed by atoms with van der Waals surface area (Å²) in [7, 11) is 0. The molecule has 3 aromatic rings. The highest BCUT2D eigenvalue weighted by Crippen LogP contribution is 2.26. The molecule has 0 aliphatic rings. The largest absolute Gasteiger partial charge is 0.461 e. The molecule has 131 valence electrons. The van der Waals surface area contributed by atoms with Gasteiger partial charge in [-0.25, -0.2) is 0 Å². The molecular formula is C22H19O4. The molecule has 2 unspecified atom stereocenters. The first-order valence-electron chi connectivity index (χ1n) is 8.29. The van der Waals surface area contributed by atoms with Crippen LogP contribution in [0.15, 0.2) is 78.9 Å². The predicted octanol–water partition coefficient (Wildman–Crippen LogP) is 4.13. The van der Waals surface area contributed by atoms with E-state index in [1.165, 1.54) is 0 Å². The zero-order chi connectivity index (χ0) is 18.2. The van der Waals surface area contributed by atoms with Crippen molar-refractivity contribution < 1.29 is 19.4 Å². The molecule has 0 saturated heterocycles. The molecule has 4 heteroatoms. The molecule has 0 fully saturated rings. The summed E-state index contributed by atoms with van der Waals surface area (Å²) in [6.45, 7) is 0.0286. The fourth-order valence-electron chi connectivity index (χ4n) is 2.54. The third-order valence-electron chi connectivity index (χ3n) is 3.90. The minimum absolute atomic E-state index is 0.0286. The number of benzene rings is 3. The Hall–Kier alpha value is -2.95. The maximum atomic E-state index is 11.4. The summed E-state index contributed by atoms with van der Waals surface area (Å²) in [6, 6.07) is 26.2. The first-order valence-corrected chi connectivity index (χ1v) is 8.29. The Balaban J connectivity index is 1.80. The lowest BCUT2D eigenvalue weighted by molar-refractivity contribution is -0.109. The minimum atomic E-state index is -0.822. The Morgan fingerprint density at radius 2 is 1.65 bits per heavy atom. The number of hydrogen-bond donors (Lipinski definition) is 1. The van der Waals surface area contributed by atoms with Crippen LogP contribution >= 0.6 is 0 Å². The molecule has 0 aliphatic heterocycles. The second-order valence-electron chi connectivity index (χ2n) is 5.69. The van der Waals surface area contributed by atoms with Crippen molar-refractivity contribution in [2.24, 2.45) is 0 Å². The Bertz CT molecular complexity index is 818. The Kier molecular flexibility index (Phi) is 6.14. The van der Waals surface area contributed by atoms with E-state index >= 15 is 0 Å². The van der Waals surface area contributed by atoms with E-state index in [2.05, 4.69) is 6.07 Å². The van der Waals surface area contributed by atoms with Crippen molar-refractivity contribution in [3.05, 3.63) is 102 Å². The van der Waals surface area contributed by atoms with Gasteiger partial charge in [-0.1, -0.05) is 66.7 Å². The predicted molar refractivity (Wildman–Crippen MR) is 97.8 cm³/mol. The van der Waals surface area contributed by atoms with Gasteiger partial charge in [-0.05, 0) is 23.8 Å². The van der Waals surface area contributed by atoms with E-state index in [0.29, 0.717) is 16.9 Å². The molecule has 0 aromatic heterocycles. The number of carbonyl (C=O) groups excluding carboxylic acids is 1. The van der Waals surface area contributed by atoms with Gasteiger partial charge in [0.15, 0.2) is 6.29 Å². The van der Waals surface area contributed by atoms with E-state index in [0.717, 1.165) is 11.8 Å². The molecule has 3 rings (SSSR count). The zero-order valence-corrected chi connectivity index (χ0v) is 14.1. The van der Waals surface area contributed by atoms with Gasteiger partial charge in [0, 0.05) is 11.1 Å². The van der Waals surface area contributed by atoms with Crippen LogP contribution in [0.4, 0.5) is 0 Å². The molecule has 2 atom stereocenters. The number of aliphatic hydroxyl groups excluding tert-OH is 1. The summed E-state index contributed by atoms with van der Waals surface area (Å²) in [5.41, 5.74) is 1.84. The molecule has 3 aromatic carbocycles. The normalized spacial score (nSPS) is 13.0. The molecule has 0 bridgehead atoms. The fourth-order valence-corrected chi connectivity index (χ4v) is 2.54. The molecule has 26 heavy (non-hydrogen) atoms. The first kappa shape index (κ1) is 17.9. The molecule has 4 nitrogen and oxygen atoms in total. The average Bonchev–Trinajstić information content (AvgIpc) is 2.72. The van der Waals surface area contributed by atoms with Crippen LogP contribution in [0.25, 0.3) is 0 Å². The van der Waals surface area contributed by atoms with Crippen LogP contribution in [-0.4, -0.2) is 18.0 Å². The quantitative estimate of drug-likeness (QED) is 0.492. The maximum absolute atomic E-state index is 11.4. The Morgan fingerprint density at radius 1 is 0.962 bits per heavy atom. The highest BCUT2D eigenvalue weighted by molar-refractivity contribution is 5.77. The number of aliphatic hydroxyl groups is 1. The summed E-state index contributed by atoms with van der Waals surface area (Å²) in [5, 5.41) is 10.4. The molecule has 0 spiro atoms. The van der Waals surface area contributed by atoms with Crippen LogP contribution in [0.3, 0.4) is 0 Å². The highest BCUT2D eigenvalue weighted by atomic mass is 16.7. The number of hydrogen-bond acceptors (Lipinski definition) is 4. The SMILES string of the molecule is O=Cc1ccccc1C(OCC(O)c1ccccc1)Oc1cc[c]cc1. The van der Waals surface area contributed by atoms with E-state index in [1.807, 2.05) is 36.4 Å². The molecular weight excluding hydrogens is 328 g/mol. The van der Waals surface area contributed by atoms with E-state index in [9.17, 15) is 9.90 Å².